The highest BCUT2D eigenvalue weighted by atomic mass is 32.1. The lowest BCUT2D eigenvalue weighted by atomic mass is 9.95. The van der Waals surface area contributed by atoms with E-state index in [2.05, 4.69) is 108 Å². The molecule has 0 saturated heterocycles. The highest BCUT2D eigenvalue weighted by molar-refractivity contribution is 7.26. The topological polar surface area (TPSA) is 17.3 Å². The van der Waals surface area contributed by atoms with Gasteiger partial charge in [-0.2, -0.15) is 0 Å². The predicted octanol–water partition coefficient (Wildman–Crippen LogP) is 8.19. The molecule has 150 valence electrons. The fraction of sp³-hybridized carbons (Fsp3) is 0. The molecule has 3 heteroatoms. The van der Waals surface area contributed by atoms with Crippen molar-refractivity contribution in [1.82, 2.24) is 9.38 Å². The molecule has 3 aromatic heterocycles. The van der Waals surface area contributed by atoms with E-state index < -0.39 is 0 Å². The SMILES string of the molecule is c1ccc(-c2cccc(-c3cc4c(nc5ccccn54)c4sc5ccccc5c34)c2)cc1. The maximum atomic E-state index is 5.01. The molecule has 0 atom stereocenters. The zero-order valence-corrected chi connectivity index (χ0v) is 18.0. The molecule has 32 heavy (non-hydrogen) atoms. The Labute approximate surface area is 189 Å². The number of pyridine rings is 1. The first kappa shape index (κ1) is 17.7. The first-order valence-corrected chi connectivity index (χ1v) is 11.6. The van der Waals surface area contributed by atoms with Crippen LogP contribution in [0.1, 0.15) is 0 Å². The number of hydrogen-bond donors (Lipinski definition) is 0. The van der Waals surface area contributed by atoms with Gasteiger partial charge >= 0.3 is 0 Å². The molecule has 0 bridgehead atoms. The Bertz CT molecular complexity index is 1770. The van der Waals surface area contributed by atoms with Gasteiger partial charge in [0.15, 0.2) is 0 Å². The van der Waals surface area contributed by atoms with Gasteiger partial charge in [0.2, 0.25) is 0 Å². The molecule has 0 aliphatic heterocycles. The van der Waals surface area contributed by atoms with Crippen LogP contribution >= 0.6 is 11.3 Å². The summed E-state index contributed by atoms with van der Waals surface area (Å²) in [7, 11) is 0. The summed E-state index contributed by atoms with van der Waals surface area (Å²) in [5.74, 6) is 0. The lowest BCUT2D eigenvalue weighted by Crippen LogP contribution is -1.86. The van der Waals surface area contributed by atoms with E-state index in [-0.39, 0.29) is 0 Å². The molecule has 0 radical (unpaired) electrons. The summed E-state index contributed by atoms with van der Waals surface area (Å²) in [4.78, 5) is 5.01. The molecular formula is C29H18N2S. The van der Waals surface area contributed by atoms with Crippen LogP contribution in [0, 0.1) is 0 Å². The minimum Gasteiger partial charge on any atom is -0.300 e. The van der Waals surface area contributed by atoms with E-state index in [1.54, 1.807) is 0 Å². The molecule has 3 heterocycles. The van der Waals surface area contributed by atoms with Gasteiger partial charge < -0.3 is 0 Å². The van der Waals surface area contributed by atoms with Gasteiger partial charge in [0.1, 0.15) is 11.2 Å². The van der Waals surface area contributed by atoms with Crippen molar-refractivity contribution in [3.63, 3.8) is 0 Å². The highest BCUT2D eigenvalue weighted by Gasteiger charge is 2.18. The standard InChI is InChI=1S/C29H18N2S/c1-2-9-19(10-3-1)20-11-8-12-21(17-20)23-18-24-28(30-26-15-6-7-16-31(24)26)29-27(23)22-13-4-5-14-25(22)32-29/h1-18H. The summed E-state index contributed by atoms with van der Waals surface area (Å²) in [5.41, 5.74) is 8.17. The zero-order valence-electron chi connectivity index (χ0n) is 17.2. The first-order chi connectivity index (χ1) is 15.9. The lowest BCUT2D eigenvalue weighted by Gasteiger charge is -2.09. The molecule has 7 rings (SSSR count). The third-order valence-corrected chi connectivity index (χ3v) is 7.39. The first-order valence-electron chi connectivity index (χ1n) is 10.7. The van der Waals surface area contributed by atoms with Gasteiger partial charge in [-0.3, -0.25) is 4.40 Å². The van der Waals surface area contributed by atoms with E-state index in [0.717, 1.165) is 16.7 Å². The van der Waals surface area contributed by atoms with Crippen LogP contribution < -0.4 is 0 Å². The summed E-state index contributed by atoms with van der Waals surface area (Å²) in [6, 6.07) is 36.7. The minimum absolute atomic E-state index is 0.983. The number of thiophene rings is 1. The van der Waals surface area contributed by atoms with Gasteiger partial charge in [-0.1, -0.05) is 72.8 Å². The fourth-order valence-corrected chi connectivity index (χ4v) is 5.95. The second-order valence-corrected chi connectivity index (χ2v) is 9.13. The quantitative estimate of drug-likeness (QED) is 0.272. The molecule has 0 spiro atoms. The Balaban J connectivity index is 1.62. The molecular weight excluding hydrogens is 408 g/mol. The number of rotatable bonds is 2. The smallest absolute Gasteiger partial charge is 0.137 e. The van der Waals surface area contributed by atoms with E-state index in [1.165, 1.54) is 42.4 Å². The van der Waals surface area contributed by atoms with Crippen molar-refractivity contribution < 1.29 is 0 Å². The highest BCUT2D eigenvalue weighted by Crippen LogP contribution is 2.44. The Morgan fingerprint density at radius 1 is 0.656 bits per heavy atom. The number of nitrogens with zero attached hydrogens (tertiary/aromatic N) is 2. The van der Waals surface area contributed by atoms with Crippen molar-refractivity contribution in [3.05, 3.63) is 109 Å². The summed E-state index contributed by atoms with van der Waals surface area (Å²) < 4.78 is 4.75. The molecule has 0 aliphatic carbocycles. The molecule has 0 fully saturated rings. The van der Waals surface area contributed by atoms with Crippen LogP contribution in [-0.4, -0.2) is 9.38 Å². The molecule has 2 nitrogen and oxygen atoms in total. The van der Waals surface area contributed by atoms with Crippen molar-refractivity contribution >= 4 is 48.2 Å². The molecule has 0 unspecified atom stereocenters. The third kappa shape index (κ3) is 2.55. The average Bonchev–Trinajstić information content (AvgIpc) is 3.43. The number of hydrogen-bond acceptors (Lipinski definition) is 2. The van der Waals surface area contributed by atoms with Crippen LogP contribution in [0.3, 0.4) is 0 Å². The van der Waals surface area contributed by atoms with Crippen molar-refractivity contribution in [2.45, 2.75) is 0 Å². The van der Waals surface area contributed by atoms with Crippen molar-refractivity contribution in [1.29, 1.82) is 0 Å². The van der Waals surface area contributed by atoms with E-state index in [4.69, 9.17) is 4.98 Å². The Morgan fingerprint density at radius 3 is 2.38 bits per heavy atom. The predicted molar refractivity (Wildman–Crippen MR) is 136 cm³/mol. The van der Waals surface area contributed by atoms with Crippen LogP contribution in [0.15, 0.2) is 109 Å². The van der Waals surface area contributed by atoms with Gasteiger partial charge in [0.25, 0.3) is 0 Å². The minimum atomic E-state index is 0.983. The second-order valence-electron chi connectivity index (χ2n) is 8.08. The van der Waals surface area contributed by atoms with Crippen molar-refractivity contribution in [3.8, 4) is 22.3 Å². The van der Waals surface area contributed by atoms with E-state index in [9.17, 15) is 0 Å². The van der Waals surface area contributed by atoms with Gasteiger partial charge in [0, 0.05) is 21.7 Å². The summed E-state index contributed by atoms with van der Waals surface area (Å²) >= 11 is 1.84. The van der Waals surface area contributed by atoms with E-state index in [1.807, 2.05) is 17.4 Å². The molecule has 4 aromatic carbocycles. The van der Waals surface area contributed by atoms with Crippen LogP contribution in [0.5, 0.6) is 0 Å². The van der Waals surface area contributed by atoms with Gasteiger partial charge in [-0.25, -0.2) is 4.98 Å². The Hall–Kier alpha value is -3.95. The third-order valence-electron chi connectivity index (χ3n) is 6.21. The molecule has 7 aromatic rings. The zero-order chi connectivity index (χ0) is 21.1. The molecule has 0 amide bonds. The summed E-state index contributed by atoms with van der Waals surface area (Å²) in [6.45, 7) is 0. The van der Waals surface area contributed by atoms with Crippen LogP contribution in [0.25, 0.3) is 59.1 Å². The van der Waals surface area contributed by atoms with Gasteiger partial charge in [-0.15, -0.1) is 11.3 Å². The van der Waals surface area contributed by atoms with Crippen LogP contribution in [-0.2, 0) is 0 Å². The lowest BCUT2D eigenvalue weighted by molar-refractivity contribution is 1.23. The fourth-order valence-electron chi connectivity index (χ4n) is 4.73. The molecule has 0 saturated carbocycles. The van der Waals surface area contributed by atoms with Gasteiger partial charge in [-0.05, 0) is 52.6 Å². The van der Waals surface area contributed by atoms with Crippen molar-refractivity contribution in [2.24, 2.45) is 0 Å². The number of benzene rings is 4. The summed E-state index contributed by atoms with van der Waals surface area (Å²) in [5, 5.41) is 2.60. The number of aromatic nitrogens is 2. The van der Waals surface area contributed by atoms with E-state index >= 15 is 0 Å². The normalized spacial score (nSPS) is 11.8. The van der Waals surface area contributed by atoms with Crippen LogP contribution in [0.4, 0.5) is 0 Å². The Morgan fingerprint density at radius 2 is 1.44 bits per heavy atom. The monoisotopic (exact) mass is 426 g/mol. The number of fused-ring (bicyclic) bond motifs is 7. The summed E-state index contributed by atoms with van der Waals surface area (Å²) in [6.07, 6.45) is 2.11. The largest absolute Gasteiger partial charge is 0.300 e. The second kappa shape index (κ2) is 6.78. The molecule has 0 aliphatic rings. The maximum Gasteiger partial charge on any atom is 0.137 e. The average molecular weight is 427 g/mol. The number of imidazole rings is 1. The van der Waals surface area contributed by atoms with E-state index in [0.29, 0.717) is 0 Å². The molecule has 0 N–H and O–H groups in total. The van der Waals surface area contributed by atoms with Gasteiger partial charge in [0.05, 0.1) is 10.2 Å². The van der Waals surface area contributed by atoms with Crippen LogP contribution in [0.2, 0.25) is 0 Å². The Kier molecular flexibility index (Phi) is 3.75. The maximum absolute atomic E-state index is 5.01. The van der Waals surface area contributed by atoms with Crippen molar-refractivity contribution in [2.75, 3.05) is 0 Å².